The summed E-state index contributed by atoms with van der Waals surface area (Å²) in [5, 5.41) is -1.19. The second-order valence-corrected chi connectivity index (χ2v) is 11.2. The molecule has 0 heterocycles. The zero-order valence-electron chi connectivity index (χ0n) is 18.4. The largest absolute Gasteiger partial charge is 0.303 e. The fraction of sp³-hybridized carbons (Fsp3) is 0.214. The van der Waals surface area contributed by atoms with Crippen LogP contribution < -0.4 is 0 Å². The average molecular weight is 457 g/mol. The van der Waals surface area contributed by atoms with E-state index in [0.717, 1.165) is 16.7 Å². The first kappa shape index (κ1) is 21.5. The highest BCUT2D eigenvalue weighted by molar-refractivity contribution is 7.92. The molecule has 0 radical (unpaired) electrons. The van der Waals surface area contributed by atoms with Crippen molar-refractivity contribution in [1.82, 2.24) is 0 Å². The predicted molar refractivity (Wildman–Crippen MR) is 128 cm³/mol. The Labute approximate surface area is 193 Å². The van der Waals surface area contributed by atoms with Crippen molar-refractivity contribution in [2.24, 2.45) is 16.7 Å². The Morgan fingerprint density at radius 3 is 1.58 bits per heavy atom. The molecule has 4 nitrogen and oxygen atoms in total. The van der Waals surface area contributed by atoms with Crippen LogP contribution in [0.15, 0.2) is 95.9 Å². The van der Waals surface area contributed by atoms with Crippen LogP contribution in [0.4, 0.5) is 0 Å². The molecule has 1 fully saturated rings. The maximum atomic E-state index is 14.2. The molecule has 0 aromatic heterocycles. The van der Waals surface area contributed by atoms with Crippen LogP contribution in [0.1, 0.15) is 25.0 Å². The summed E-state index contributed by atoms with van der Waals surface area (Å²) in [6, 6.07) is 27.1. The van der Waals surface area contributed by atoms with E-state index in [0.29, 0.717) is 11.9 Å². The normalized spacial score (nSPS) is 28.8. The number of hydrogen-bond acceptors (Lipinski definition) is 4. The van der Waals surface area contributed by atoms with E-state index in [1.807, 2.05) is 60.7 Å². The highest BCUT2D eigenvalue weighted by Crippen LogP contribution is 2.70. The molecule has 5 heteroatoms. The van der Waals surface area contributed by atoms with Gasteiger partial charge in [0.15, 0.2) is 15.6 Å². The lowest BCUT2D eigenvalue weighted by atomic mass is 9.67. The molecular weight excluding hydrogens is 432 g/mol. The Bertz CT molecular complexity index is 1380. The van der Waals surface area contributed by atoms with Crippen molar-refractivity contribution in [2.75, 3.05) is 0 Å². The van der Waals surface area contributed by atoms with Gasteiger partial charge in [0.1, 0.15) is 6.29 Å². The number of allylic oxidation sites excluding steroid dienone is 2. The van der Waals surface area contributed by atoms with Gasteiger partial charge in [0, 0.05) is 5.92 Å². The van der Waals surface area contributed by atoms with E-state index >= 15 is 0 Å². The molecule has 0 amide bonds. The number of ketones is 1. The summed E-state index contributed by atoms with van der Waals surface area (Å²) in [4.78, 5) is 26.9. The molecule has 2 aliphatic rings. The Morgan fingerprint density at radius 1 is 0.697 bits per heavy atom. The number of fused-ring (bicyclic) bond motifs is 2. The second kappa shape index (κ2) is 7.35. The molecule has 1 saturated carbocycles. The van der Waals surface area contributed by atoms with Crippen LogP contribution in [0, 0.1) is 16.7 Å². The van der Waals surface area contributed by atoms with E-state index in [2.05, 4.69) is 0 Å². The van der Waals surface area contributed by atoms with E-state index in [-0.39, 0.29) is 10.7 Å². The molecule has 2 aliphatic carbocycles. The molecule has 3 aromatic carbocycles. The first-order valence-electron chi connectivity index (χ1n) is 10.9. The molecule has 2 bridgehead atoms. The Kier molecular flexibility index (Phi) is 4.80. The monoisotopic (exact) mass is 456 g/mol. The van der Waals surface area contributed by atoms with Gasteiger partial charge >= 0.3 is 0 Å². The zero-order valence-corrected chi connectivity index (χ0v) is 19.3. The number of rotatable bonds is 5. The van der Waals surface area contributed by atoms with E-state index in [4.69, 9.17) is 0 Å². The lowest BCUT2D eigenvalue weighted by Crippen LogP contribution is -2.44. The molecule has 166 valence electrons. The molecule has 0 aliphatic heterocycles. The van der Waals surface area contributed by atoms with Crippen LogP contribution in [0.25, 0.3) is 11.1 Å². The molecule has 33 heavy (non-hydrogen) atoms. The molecule has 0 spiro atoms. The van der Waals surface area contributed by atoms with Crippen molar-refractivity contribution in [1.29, 1.82) is 0 Å². The Morgan fingerprint density at radius 2 is 1.12 bits per heavy atom. The summed E-state index contributed by atoms with van der Waals surface area (Å²) in [5.41, 5.74) is 0.451. The van der Waals surface area contributed by atoms with E-state index in [9.17, 15) is 18.0 Å². The van der Waals surface area contributed by atoms with Crippen LogP contribution in [-0.4, -0.2) is 25.7 Å². The summed E-state index contributed by atoms with van der Waals surface area (Å²) in [6.07, 6.45) is 0.680. The van der Waals surface area contributed by atoms with Gasteiger partial charge in [0.2, 0.25) is 0 Å². The highest BCUT2D eigenvalue weighted by Gasteiger charge is 2.75. The molecule has 4 atom stereocenters. The lowest BCUT2D eigenvalue weighted by molar-refractivity contribution is -0.128. The van der Waals surface area contributed by atoms with E-state index < -0.39 is 31.8 Å². The third-order valence-corrected chi connectivity index (χ3v) is 9.83. The predicted octanol–water partition coefficient (Wildman–Crippen LogP) is 4.86. The van der Waals surface area contributed by atoms with Gasteiger partial charge in [0.05, 0.1) is 21.0 Å². The van der Waals surface area contributed by atoms with Gasteiger partial charge in [-0.1, -0.05) is 78.9 Å². The SMILES string of the molecule is C[C@@]12C(=O)[C@](C)(C(c3ccccc3)=C1c1ccccc1)[C@@H](S(=O)(=O)c1ccccc1)[C@H]2C=O. The lowest BCUT2D eigenvalue weighted by Gasteiger charge is -2.39. The Hall–Kier alpha value is -3.31. The standard InChI is InChI=1S/C28H24O4S/c1-27-22(18-29)25(33(31,32)21-16-10-5-11-17-21)28(2,26(27)30)24(20-14-8-4-9-15-20)23(27)19-12-6-3-7-13-19/h3-18,22,25H,1-2H3/t22-,25+,27+,28-/m1/s1. The third-order valence-electron chi connectivity index (χ3n) is 7.47. The highest BCUT2D eigenvalue weighted by atomic mass is 32.2. The van der Waals surface area contributed by atoms with Gasteiger partial charge in [-0.3, -0.25) is 4.79 Å². The summed E-state index contributed by atoms with van der Waals surface area (Å²) in [6.45, 7) is 3.45. The van der Waals surface area contributed by atoms with Gasteiger partial charge in [0.25, 0.3) is 0 Å². The fourth-order valence-corrected chi connectivity index (χ4v) is 8.50. The summed E-state index contributed by atoms with van der Waals surface area (Å²) in [7, 11) is -3.99. The summed E-state index contributed by atoms with van der Waals surface area (Å²) < 4.78 is 27.9. The van der Waals surface area contributed by atoms with E-state index in [1.54, 1.807) is 32.0 Å². The van der Waals surface area contributed by atoms with Crippen LogP contribution in [0.5, 0.6) is 0 Å². The van der Waals surface area contributed by atoms with Crippen molar-refractivity contribution < 1.29 is 18.0 Å². The number of carbonyl (C=O) groups is 2. The van der Waals surface area contributed by atoms with Crippen molar-refractivity contribution >= 4 is 33.1 Å². The molecule has 0 N–H and O–H groups in total. The minimum Gasteiger partial charge on any atom is -0.303 e. The minimum atomic E-state index is -3.99. The van der Waals surface area contributed by atoms with Crippen LogP contribution in [0.2, 0.25) is 0 Å². The first-order chi connectivity index (χ1) is 15.8. The number of sulfone groups is 1. The Balaban J connectivity index is 1.88. The maximum absolute atomic E-state index is 14.2. The molecule has 0 unspecified atom stereocenters. The second-order valence-electron chi connectivity index (χ2n) is 9.16. The molecule has 5 rings (SSSR count). The van der Waals surface area contributed by atoms with Crippen molar-refractivity contribution in [2.45, 2.75) is 24.0 Å². The van der Waals surface area contributed by atoms with Gasteiger partial charge in [-0.2, -0.15) is 0 Å². The first-order valence-corrected chi connectivity index (χ1v) is 12.5. The van der Waals surface area contributed by atoms with Crippen LogP contribution in [-0.2, 0) is 19.4 Å². The quantitative estimate of drug-likeness (QED) is 0.514. The zero-order chi connectivity index (χ0) is 23.4. The third kappa shape index (κ3) is 2.72. The number of hydrogen-bond donors (Lipinski definition) is 0. The van der Waals surface area contributed by atoms with Crippen molar-refractivity contribution in [3.05, 3.63) is 102 Å². The van der Waals surface area contributed by atoms with Crippen LogP contribution in [0.3, 0.4) is 0 Å². The summed E-state index contributed by atoms with van der Waals surface area (Å²) >= 11 is 0. The molecule has 3 aromatic rings. The van der Waals surface area contributed by atoms with Gasteiger partial charge < -0.3 is 4.79 Å². The van der Waals surface area contributed by atoms with Gasteiger partial charge in [-0.25, -0.2) is 8.42 Å². The average Bonchev–Trinajstić information content (AvgIpc) is 3.14. The van der Waals surface area contributed by atoms with Gasteiger partial charge in [-0.15, -0.1) is 0 Å². The fourth-order valence-electron chi connectivity index (χ4n) is 6.10. The number of Topliss-reactive ketones (excluding diaryl/α,β-unsaturated/α-hetero) is 1. The smallest absolute Gasteiger partial charge is 0.183 e. The molecule has 0 saturated heterocycles. The number of carbonyl (C=O) groups excluding carboxylic acids is 2. The number of benzene rings is 3. The minimum absolute atomic E-state index is 0.126. The van der Waals surface area contributed by atoms with Gasteiger partial charge in [-0.05, 0) is 48.3 Å². The summed E-state index contributed by atoms with van der Waals surface area (Å²) in [5.74, 6) is -1.21. The maximum Gasteiger partial charge on any atom is 0.183 e. The van der Waals surface area contributed by atoms with E-state index in [1.165, 1.54) is 12.1 Å². The van der Waals surface area contributed by atoms with Crippen molar-refractivity contribution in [3.8, 4) is 0 Å². The number of aldehydes is 1. The molecular formula is C28H24O4S. The topological polar surface area (TPSA) is 68.3 Å². The van der Waals surface area contributed by atoms with Crippen molar-refractivity contribution in [3.63, 3.8) is 0 Å². The van der Waals surface area contributed by atoms with Crippen LogP contribution >= 0.6 is 0 Å².